The summed E-state index contributed by atoms with van der Waals surface area (Å²) in [6.45, 7) is 0. The van der Waals surface area contributed by atoms with Crippen molar-refractivity contribution >= 4 is 29.1 Å². The van der Waals surface area contributed by atoms with Gasteiger partial charge in [-0.15, -0.1) is 0 Å². The molecule has 23 heavy (non-hydrogen) atoms. The summed E-state index contributed by atoms with van der Waals surface area (Å²) in [4.78, 5) is 34.7. The zero-order chi connectivity index (χ0) is 17.0. The van der Waals surface area contributed by atoms with Crippen LogP contribution in [0.25, 0.3) is 0 Å². The quantitative estimate of drug-likeness (QED) is 0.750. The van der Waals surface area contributed by atoms with Gasteiger partial charge in [-0.05, 0) is 24.3 Å². The Labute approximate surface area is 129 Å². The van der Waals surface area contributed by atoms with Crippen molar-refractivity contribution in [2.75, 3.05) is 10.6 Å². The Morgan fingerprint density at radius 1 is 0.826 bits per heavy atom. The number of hydrogen-bond donors (Lipinski definition) is 3. The number of carbonyl (C=O) groups excluding carboxylic acids is 3. The summed E-state index contributed by atoms with van der Waals surface area (Å²) < 4.78 is 26.8. The minimum atomic E-state index is -1.30. The molecule has 2 aromatic rings. The van der Waals surface area contributed by atoms with Crippen molar-refractivity contribution in [3.05, 3.63) is 59.7 Å². The molecule has 0 aromatic heterocycles. The predicted octanol–water partition coefficient (Wildman–Crippen LogP) is 1.64. The molecule has 0 unspecified atom stereocenters. The molecule has 0 bridgehead atoms. The van der Waals surface area contributed by atoms with Crippen LogP contribution in [0.5, 0.6) is 0 Å². The number of hydrogen-bond acceptors (Lipinski definition) is 3. The number of amides is 3. The molecule has 0 aliphatic rings. The number of anilines is 2. The lowest BCUT2D eigenvalue weighted by Gasteiger charge is -2.10. The maximum absolute atomic E-state index is 13.4. The molecule has 2 aromatic carbocycles. The van der Waals surface area contributed by atoms with Crippen molar-refractivity contribution in [2.45, 2.75) is 0 Å². The molecule has 8 heteroatoms. The van der Waals surface area contributed by atoms with Crippen molar-refractivity contribution in [1.29, 1.82) is 0 Å². The van der Waals surface area contributed by atoms with Crippen LogP contribution in [0.2, 0.25) is 0 Å². The lowest BCUT2D eigenvalue weighted by atomic mass is 10.1. The summed E-state index contributed by atoms with van der Waals surface area (Å²) in [5, 5.41) is 3.98. The first-order valence-electron chi connectivity index (χ1n) is 6.35. The standard InChI is InChI=1S/C15H11F2N3O3/c16-9-5-3-6-10(17)12(9)20-15(23)14(22)19-11-7-2-1-4-8(11)13(18)21/h1-7H,(H2,18,21)(H,19,22)(H,20,23). The lowest BCUT2D eigenvalue weighted by molar-refractivity contribution is -0.133. The number of primary amides is 1. The number of para-hydroxylation sites is 2. The van der Waals surface area contributed by atoms with E-state index in [9.17, 15) is 23.2 Å². The minimum absolute atomic E-state index is 0.00848. The Hall–Kier alpha value is -3.29. The third-order valence-electron chi connectivity index (χ3n) is 2.85. The summed E-state index contributed by atoms with van der Waals surface area (Å²) >= 11 is 0. The summed E-state index contributed by atoms with van der Waals surface area (Å²) in [6.07, 6.45) is 0. The Bertz CT molecular complexity index is 773. The topological polar surface area (TPSA) is 101 Å². The molecule has 4 N–H and O–H groups in total. The largest absolute Gasteiger partial charge is 0.366 e. The fraction of sp³-hybridized carbons (Fsp3) is 0. The van der Waals surface area contributed by atoms with Gasteiger partial charge in [-0.2, -0.15) is 0 Å². The van der Waals surface area contributed by atoms with Gasteiger partial charge in [0.1, 0.15) is 17.3 Å². The molecular weight excluding hydrogens is 308 g/mol. The first-order chi connectivity index (χ1) is 10.9. The first-order valence-corrected chi connectivity index (χ1v) is 6.35. The Morgan fingerprint density at radius 3 is 2.00 bits per heavy atom. The molecular formula is C15H11F2N3O3. The summed E-state index contributed by atoms with van der Waals surface area (Å²) in [6, 6.07) is 8.71. The molecule has 6 nitrogen and oxygen atoms in total. The fourth-order valence-corrected chi connectivity index (χ4v) is 1.77. The third kappa shape index (κ3) is 3.67. The Balaban J connectivity index is 2.16. The van der Waals surface area contributed by atoms with E-state index in [1.54, 1.807) is 0 Å². The second-order valence-corrected chi connectivity index (χ2v) is 4.41. The minimum Gasteiger partial charge on any atom is -0.366 e. The third-order valence-corrected chi connectivity index (χ3v) is 2.85. The number of nitrogens with one attached hydrogen (secondary N) is 2. The van der Waals surface area contributed by atoms with E-state index in [0.29, 0.717) is 0 Å². The van der Waals surface area contributed by atoms with Crippen molar-refractivity contribution in [2.24, 2.45) is 5.73 Å². The first kappa shape index (κ1) is 16.1. The van der Waals surface area contributed by atoms with Crippen LogP contribution in [0.1, 0.15) is 10.4 Å². The van der Waals surface area contributed by atoms with E-state index in [0.717, 1.165) is 18.2 Å². The highest BCUT2D eigenvalue weighted by atomic mass is 19.1. The molecule has 0 spiro atoms. The van der Waals surface area contributed by atoms with E-state index in [-0.39, 0.29) is 11.3 Å². The number of benzene rings is 2. The molecule has 0 aliphatic heterocycles. The monoisotopic (exact) mass is 319 g/mol. The van der Waals surface area contributed by atoms with Crippen LogP contribution in [0, 0.1) is 11.6 Å². The van der Waals surface area contributed by atoms with Gasteiger partial charge in [-0.1, -0.05) is 18.2 Å². The van der Waals surface area contributed by atoms with Crippen LogP contribution < -0.4 is 16.4 Å². The summed E-state index contributed by atoms with van der Waals surface area (Å²) in [7, 11) is 0. The molecule has 0 radical (unpaired) electrons. The Kier molecular flexibility index (Phi) is 4.65. The predicted molar refractivity (Wildman–Crippen MR) is 78.6 cm³/mol. The van der Waals surface area contributed by atoms with Crippen LogP contribution in [-0.2, 0) is 9.59 Å². The molecule has 2 rings (SSSR count). The summed E-state index contributed by atoms with van der Waals surface area (Å²) in [5.41, 5.74) is 4.40. The average molecular weight is 319 g/mol. The van der Waals surface area contributed by atoms with Crippen LogP contribution >= 0.6 is 0 Å². The Morgan fingerprint density at radius 2 is 1.39 bits per heavy atom. The number of rotatable bonds is 3. The number of nitrogens with two attached hydrogens (primary N) is 1. The summed E-state index contributed by atoms with van der Waals surface area (Å²) in [5.74, 6) is -5.36. The lowest BCUT2D eigenvalue weighted by Crippen LogP contribution is -2.30. The highest BCUT2D eigenvalue weighted by molar-refractivity contribution is 6.44. The SMILES string of the molecule is NC(=O)c1ccccc1NC(=O)C(=O)Nc1c(F)cccc1F. The van der Waals surface area contributed by atoms with E-state index >= 15 is 0 Å². The zero-order valence-electron chi connectivity index (χ0n) is 11.6. The van der Waals surface area contributed by atoms with Gasteiger partial charge in [0.25, 0.3) is 5.91 Å². The molecule has 0 fully saturated rings. The molecule has 0 atom stereocenters. The van der Waals surface area contributed by atoms with Crippen molar-refractivity contribution in [3.8, 4) is 0 Å². The number of carbonyl (C=O) groups is 3. The van der Waals surface area contributed by atoms with Gasteiger partial charge in [0.15, 0.2) is 0 Å². The average Bonchev–Trinajstić information content (AvgIpc) is 2.51. The van der Waals surface area contributed by atoms with Gasteiger partial charge < -0.3 is 16.4 Å². The zero-order valence-corrected chi connectivity index (χ0v) is 11.6. The van der Waals surface area contributed by atoms with Gasteiger partial charge in [0.05, 0.1) is 11.3 Å². The van der Waals surface area contributed by atoms with Crippen molar-refractivity contribution in [1.82, 2.24) is 0 Å². The molecule has 0 saturated carbocycles. The molecule has 118 valence electrons. The molecule has 3 amide bonds. The normalized spacial score (nSPS) is 10.0. The van der Waals surface area contributed by atoms with Gasteiger partial charge in [-0.25, -0.2) is 8.78 Å². The highest BCUT2D eigenvalue weighted by Gasteiger charge is 2.19. The van der Waals surface area contributed by atoms with Crippen LogP contribution in [-0.4, -0.2) is 17.7 Å². The van der Waals surface area contributed by atoms with E-state index in [1.807, 2.05) is 5.32 Å². The van der Waals surface area contributed by atoms with Gasteiger partial charge in [0, 0.05) is 0 Å². The second kappa shape index (κ2) is 6.65. The van der Waals surface area contributed by atoms with Crippen molar-refractivity contribution in [3.63, 3.8) is 0 Å². The smallest absolute Gasteiger partial charge is 0.314 e. The maximum Gasteiger partial charge on any atom is 0.314 e. The van der Waals surface area contributed by atoms with Crippen molar-refractivity contribution < 1.29 is 23.2 Å². The van der Waals surface area contributed by atoms with E-state index in [4.69, 9.17) is 5.73 Å². The van der Waals surface area contributed by atoms with E-state index in [1.165, 1.54) is 24.3 Å². The number of halogens is 2. The highest BCUT2D eigenvalue weighted by Crippen LogP contribution is 2.18. The van der Waals surface area contributed by atoms with E-state index in [2.05, 4.69) is 5.32 Å². The molecule has 0 aliphatic carbocycles. The van der Waals surface area contributed by atoms with Crippen LogP contribution in [0.4, 0.5) is 20.2 Å². The van der Waals surface area contributed by atoms with Gasteiger partial charge in [0.2, 0.25) is 0 Å². The fourth-order valence-electron chi connectivity index (χ4n) is 1.77. The van der Waals surface area contributed by atoms with Crippen LogP contribution in [0.3, 0.4) is 0 Å². The maximum atomic E-state index is 13.4. The van der Waals surface area contributed by atoms with Gasteiger partial charge in [-0.3, -0.25) is 14.4 Å². The molecule has 0 heterocycles. The molecule has 0 saturated heterocycles. The van der Waals surface area contributed by atoms with E-state index < -0.39 is 35.0 Å². The van der Waals surface area contributed by atoms with Crippen LogP contribution in [0.15, 0.2) is 42.5 Å². The van der Waals surface area contributed by atoms with Gasteiger partial charge >= 0.3 is 11.8 Å². The second-order valence-electron chi connectivity index (χ2n) is 4.41.